The van der Waals surface area contributed by atoms with E-state index in [4.69, 9.17) is 17.3 Å². The van der Waals surface area contributed by atoms with Crippen molar-refractivity contribution >= 4 is 17.3 Å². The molecule has 0 fully saturated rings. The van der Waals surface area contributed by atoms with Crippen LogP contribution in [0.3, 0.4) is 0 Å². The quantitative estimate of drug-likeness (QED) is 0.817. The van der Waals surface area contributed by atoms with Crippen molar-refractivity contribution in [3.05, 3.63) is 63.9 Å². The predicted octanol–water partition coefficient (Wildman–Crippen LogP) is 3.45. The van der Waals surface area contributed by atoms with E-state index >= 15 is 0 Å². The van der Waals surface area contributed by atoms with Crippen molar-refractivity contribution in [2.24, 2.45) is 0 Å². The van der Waals surface area contributed by atoms with E-state index in [0.717, 1.165) is 5.56 Å². The van der Waals surface area contributed by atoms with Gasteiger partial charge in [0, 0.05) is 16.3 Å². The summed E-state index contributed by atoms with van der Waals surface area (Å²) < 4.78 is 13.3. The van der Waals surface area contributed by atoms with Crippen LogP contribution in [0.4, 0.5) is 10.1 Å². The Kier molecular flexibility index (Phi) is 3.55. The first-order valence-electron chi connectivity index (χ1n) is 5.47. The molecule has 0 radical (unpaired) electrons. The Morgan fingerprint density at radius 2 is 1.94 bits per heavy atom. The fourth-order valence-electron chi connectivity index (χ4n) is 1.90. The van der Waals surface area contributed by atoms with Crippen molar-refractivity contribution in [2.75, 3.05) is 5.73 Å². The predicted molar refractivity (Wildman–Crippen MR) is 71.1 cm³/mol. The summed E-state index contributed by atoms with van der Waals surface area (Å²) in [6, 6.07) is 9.27. The molecular formula is C14H13ClFNO. The molecule has 0 aliphatic rings. The summed E-state index contributed by atoms with van der Waals surface area (Å²) in [5.41, 5.74) is 7.92. The van der Waals surface area contributed by atoms with E-state index in [1.165, 1.54) is 12.1 Å². The zero-order valence-electron chi connectivity index (χ0n) is 9.82. The van der Waals surface area contributed by atoms with Gasteiger partial charge in [-0.3, -0.25) is 0 Å². The van der Waals surface area contributed by atoms with Crippen LogP contribution in [0.1, 0.15) is 22.8 Å². The summed E-state index contributed by atoms with van der Waals surface area (Å²) in [6.45, 7) is 1.77. The molecule has 0 heterocycles. The first kappa shape index (κ1) is 12.9. The standard InChI is InChI=1S/C14H13ClFNO/c1-8-4-9(6-11(16)5-8)14(18)12-3-2-10(15)7-13(12)17/h2-7,14,18H,17H2,1H3. The summed E-state index contributed by atoms with van der Waals surface area (Å²) >= 11 is 5.80. The lowest BCUT2D eigenvalue weighted by Crippen LogP contribution is -2.04. The molecule has 94 valence electrons. The molecule has 4 heteroatoms. The molecule has 0 aliphatic carbocycles. The highest BCUT2D eigenvalue weighted by atomic mass is 35.5. The molecule has 0 amide bonds. The zero-order valence-corrected chi connectivity index (χ0v) is 10.6. The monoisotopic (exact) mass is 265 g/mol. The first-order chi connectivity index (χ1) is 8.47. The SMILES string of the molecule is Cc1cc(F)cc(C(O)c2ccc(Cl)cc2N)c1. The van der Waals surface area contributed by atoms with Gasteiger partial charge in [-0.05, 0) is 42.3 Å². The lowest BCUT2D eigenvalue weighted by atomic mass is 9.98. The van der Waals surface area contributed by atoms with Gasteiger partial charge >= 0.3 is 0 Å². The van der Waals surface area contributed by atoms with Crippen molar-refractivity contribution in [3.63, 3.8) is 0 Å². The van der Waals surface area contributed by atoms with E-state index in [1.807, 2.05) is 0 Å². The van der Waals surface area contributed by atoms with Gasteiger partial charge in [0.1, 0.15) is 11.9 Å². The second-order valence-corrected chi connectivity index (χ2v) is 4.67. The van der Waals surface area contributed by atoms with Crippen LogP contribution >= 0.6 is 11.6 Å². The largest absolute Gasteiger partial charge is 0.398 e. The molecule has 0 spiro atoms. The van der Waals surface area contributed by atoms with Crippen LogP contribution in [0.25, 0.3) is 0 Å². The maximum Gasteiger partial charge on any atom is 0.123 e. The molecule has 0 bridgehead atoms. The molecule has 2 nitrogen and oxygen atoms in total. The van der Waals surface area contributed by atoms with Gasteiger partial charge in [-0.1, -0.05) is 23.7 Å². The summed E-state index contributed by atoms with van der Waals surface area (Å²) in [5, 5.41) is 10.7. The number of aliphatic hydroxyl groups excluding tert-OH is 1. The van der Waals surface area contributed by atoms with Crippen molar-refractivity contribution in [2.45, 2.75) is 13.0 Å². The third-order valence-electron chi connectivity index (χ3n) is 2.72. The molecule has 1 atom stereocenters. The Hall–Kier alpha value is -1.58. The molecule has 3 N–H and O–H groups in total. The van der Waals surface area contributed by atoms with E-state index in [-0.39, 0.29) is 5.82 Å². The molecule has 2 aromatic rings. The van der Waals surface area contributed by atoms with Crippen LogP contribution in [0.15, 0.2) is 36.4 Å². The van der Waals surface area contributed by atoms with Crippen molar-refractivity contribution in [1.82, 2.24) is 0 Å². The molecule has 0 aromatic heterocycles. The lowest BCUT2D eigenvalue weighted by Gasteiger charge is -2.15. The van der Waals surface area contributed by atoms with E-state index < -0.39 is 6.10 Å². The van der Waals surface area contributed by atoms with Crippen molar-refractivity contribution in [1.29, 1.82) is 0 Å². The van der Waals surface area contributed by atoms with Gasteiger partial charge in [-0.2, -0.15) is 0 Å². The average Bonchev–Trinajstić information content (AvgIpc) is 2.26. The first-order valence-corrected chi connectivity index (χ1v) is 5.85. The second kappa shape index (κ2) is 4.96. The molecule has 1 unspecified atom stereocenters. The number of hydrogen-bond donors (Lipinski definition) is 2. The maximum atomic E-state index is 13.3. The Bertz CT molecular complexity index is 566. The molecular weight excluding hydrogens is 253 g/mol. The summed E-state index contributed by atoms with van der Waals surface area (Å²) in [5.74, 6) is -0.378. The smallest absolute Gasteiger partial charge is 0.123 e. The van der Waals surface area contributed by atoms with Gasteiger partial charge in [0.25, 0.3) is 0 Å². The summed E-state index contributed by atoms with van der Waals surface area (Å²) in [4.78, 5) is 0. The minimum Gasteiger partial charge on any atom is -0.398 e. The van der Waals surface area contributed by atoms with Gasteiger partial charge < -0.3 is 10.8 Å². The molecule has 18 heavy (non-hydrogen) atoms. The number of aryl methyl sites for hydroxylation is 1. The summed E-state index contributed by atoms with van der Waals surface area (Å²) in [6.07, 6.45) is -0.961. The number of hydrogen-bond acceptors (Lipinski definition) is 2. The van der Waals surface area contributed by atoms with Gasteiger partial charge in [0.05, 0.1) is 0 Å². The Morgan fingerprint density at radius 1 is 1.22 bits per heavy atom. The fraction of sp³-hybridized carbons (Fsp3) is 0.143. The molecule has 0 aliphatic heterocycles. The van der Waals surface area contributed by atoms with Crippen molar-refractivity contribution in [3.8, 4) is 0 Å². The minimum absolute atomic E-state index is 0.378. The highest BCUT2D eigenvalue weighted by Gasteiger charge is 2.14. The highest BCUT2D eigenvalue weighted by molar-refractivity contribution is 6.30. The van der Waals surface area contributed by atoms with Crippen molar-refractivity contribution < 1.29 is 9.50 Å². The zero-order chi connectivity index (χ0) is 13.3. The highest BCUT2D eigenvalue weighted by Crippen LogP contribution is 2.29. The van der Waals surface area contributed by atoms with Crippen LogP contribution in [0.2, 0.25) is 5.02 Å². The van der Waals surface area contributed by atoms with Gasteiger partial charge in [0.15, 0.2) is 0 Å². The fourth-order valence-corrected chi connectivity index (χ4v) is 2.08. The minimum atomic E-state index is -0.961. The Morgan fingerprint density at radius 3 is 2.56 bits per heavy atom. The van der Waals surface area contributed by atoms with Gasteiger partial charge in [0.2, 0.25) is 0 Å². The number of halogens is 2. The number of benzene rings is 2. The average molecular weight is 266 g/mol. The van der Waals surface area contributed by atoms with Gasteiger partial charge in [-0.25, -0.2) is 4.39 Å². The Labute approximate surface area is 110 Å². The lowest BCUT2D eigenvalue weighted by molar-refractivity contribution is 0.220. The Balaban J connectivity index is 2.44. The van der Waals surface area contributed by atoms with Crippen LogP contribution in [0, 0.1) is 12.7 Å². The second-order valence-electron chi connectivity index (χ2n) is 4.24. The third kappa shape index (κ3) is 2.63. The van der Waals surface area contributed by atoms with Crippen LogP contribution in [-0.2, 0) is 0 Å². The van der Waals surface area contributed by atoms with E-state index in [1.54, 1.807) is 31.2 Å². The number of aliphatic hydroxyl groups is 1. The van der Waals surface area contributed by atoms with Gasteiger partial charge in [-0.15, -0.1) is 0 Å². The number of nitrogen functional groups attached to an aromatic ring is 1. The third-order valence-corrected chi connectivity index (χ3v) is 2.96. The van der Waals surface area contributed by atoms with Crippen LogP contribution in [0.5, 0.6) is 0 Å². The molecule has 0 saturated carbocycles. The topological polar surface area (TPSA) is 46.2 Å². The molecule has 0 saturated heterocycles. The number of nitrogens with two attached hydrogens (primary N) is 1. The van der Waals surface area contributed by atoms with E-state index in [0.29, 0.717) is 21.8 Å². The van der Waals surface area contributed by atoms with Crippen LogP contribution in [-0.4, -0.2) is 5.11 Å². The molecule has 2 aromatic carbocycles. The number of rotatable bonds is 2. The molecule has 2 rings (SSSR count). The van der Waals surface area contributed by atoms with E-state index in [2.05, 4.69) is 0 Å². The van der Waals surface area contributed by atoms with E-state index in [9.17, 15) is 9.50 Å². The summed E-state index contributed by atoms with van der Waals surface area (Å²) in [7, 11) is 0. The number of anilines is 1. The van der Waals surface area contributed by atoms with Crippen LogP contribution < -0.4 is 5.73 Å². The normalized spacial score (nSPS) is 12.4. The maximum absolute atomic E-state index is 13.3.